The van der Waals surface area contributed by atoms with E-state index in [1.165, 1.54) is 11.8 Å². The fourth-order valence-electron chi connectivity index (χ4n) is 1.79. The lowest BCUT2D eigenvalue weighted by atomic mass is 10.2. The summed E-state index contributed by atoms with van der Waals surface area (Å²) in [6.45, 7) is 6.36. The number of pyridine rings is 1. The molecule has 0 aliphatic rings. The van der Waals surface area contributed by atoms with E-state index >= 15 is 0 Å². The lowest BCUT2D eigenvalue weighted by Gasteiger charge is -2.08. The highest BCUT2D eigenvalue weighted by atomic mass is 32.2. The van der Waals surface area contributed by atoms with E-state index in [0.29, 0.717) is 6.61 Å². The Hall–Kier alpha value is -1.50. The van der Waals surface area contributed by atoms with Crippen LogP contribution < -0.4 is 5.32 Å². The summed E-state index contributed by atoms with van der Waals surface area (Å²) in [6, 6.07) is 4.03. The van der Waals surface area contributed by atoms with Crippen molar-refractivity contribution in [2.75, 3.05) is 20.3 Å². The number of aromatic nitrogens is 3. The first kappa shape index (κ1) is 15.9. The Bertz CT molecular complexity index is 592. The van der Waals surface area contributed by atoms with E-state index in [-0.39, 0.29) is 0 Å². The number of rotatable bonds is 7. The molecule has 0 bridgehead atoms. The minimum Gasteiger partial charge on any atom is -0.383 e. The number of hydrogen-bond acceptors (Lipinski definition) is 6. The van der Waals surface area contributed by atoms with Gasteiger partial charge in [0.25, 0.3) is 0 Å². The van der Waals surface area contributed by atoms with Crippen molar-refractivity contribution >= 4 is 11.8 Å². The van der Waals surface area contributed by atoms with Gasteiger partial charge in [0.15, 0.2) is 5.16 Å². The molecule has 0 saturated heterocycles. The molecule has 0 aromatic carbocycles. The average molecular weight is 304 g/mol. The number of hydrogen-bond donors (Lipinski definition) is 1. The first-order valence-electron chi connectivity index (χ1n) is 6.81. The number of nitrogens with one attached hydrogen (secondary N) is 1. The predicted octanol–water partition coefficient (Wildman–Crippen LogP) is 2.38. The highest BCUT2D eigenvalue weighted by Crippen LogP contribution is 2.25. The summed E-state index contributed by atoms with van der Waals surface area (Å²) in [5.41, 5.74) is 3.26. The van der Waals surface area contributed by atoms with Crippen LogP contribution in [0, 0.1) is 13.8 Å². The molecule has 2 aromatic rings. The molecule has 5 nitrogen and oxygen atoms in total. The Morgan fingerprint density at radius 1 is 1.29 bits per heavy atom. The van der Waals surface area contributed by atoms with E-state index in [1.807, 2.05) is 19.2 Å². The van der Waals surface area contributed by atoms with Gasteiger partial charge in [-0.25, -0.2) is 15.0 Å². The molecule has 0 unspecified atom stereocenters. The van der Waals surface area contributed by atoms with Gasteiger partial charge in [0.2, 0.25) is 0 Å². The van der Waals surface area contributed by atoms with Crippen LogP contribution in [0.25, 0.3) is 0 Å². The van der Waals surface area contributed by atoms with Gasteiger partial charge < -0.3 is 10.1 Å². The summed E-state index contributed by atoms with van der Waals surface area (Å²) < 4.78 is 5.00. The molecule has 0 saturated carbocycles. The Morgan fingerprint density at radius 2 is 2.14 bits per heavy atom. The van der Waals surface area contributed by atoms with Crippen LogP contribution in [0.5, 0.6) is 0 Å². The molecule has 0 radical (unpaired) electrons. The zero-order valence-corrected chi connectivity index (χ0v) is 13.4. The van der Waals surface area contributed by atoms with Crippen molar-refractivity contribution in [1.82, 2.24) is 20.3 Å². The molecule has 0 aliphatic heterocycles. The summed E-state index contributed by atoms with van der Waals surface area (Å²) >= 11 is 1.50. The van der Waals surface area contributed by atoms with Crippen LogP contribution in [0.2, 0.25) is 0 Å². The molecule has 21 heavy (non-hydrogen) atoms. The Kier molecular flexibility index (Phi) is 6.10. The third-order valence-electron chi connectivity index (χ3n) is 2.86. The average Bonchev–Trinajstić information content (AvgIpc) is 2.46. The fourth-order valence-corrected chi connectivity index (χ4v) is 2.59. The summed E-state index contributed by atoms with van der Waals surface area (Å²) in [6.07, 6.45) is 3.67. The molecule has 2 heterocycles. The standard InChI is InChI=1S/C15H20N4OS/c1-11-8-13(9-16-6-7-20-3)10-18-14(11)21-15-17-5-4-12(2)19-15/h4-5,8,10,16H,6-7,9H2,1-3H3. The van der Waals surface area contributed by atoms with Gasteiger partial charge >= 0.3 is 0 Å². The third-order valence-corrected chi connectivity index (χ3v) is 3.86. The summed E-state index contributed by atoms with van der Waals surface area (Å²) in [5.74, 6) is 0. The van der Waals surface area contributed by atoms with Crippen LogP contribution in [0.4, 0.5) is 0 Å². The Labute approximate surface area is 129 Å². The van der Waals surface area contributed by atoms with Gasteiger partial charge in [-0.15, -0.1) is 0 Å². The second kappa shape index (κ2) is 8.07. The maximum atomic E-state index is 5.00. The van der Waals surface area contributed by atoms with Gasteiger partial charge in [-0.3, -0.25) is 0 Å². The SMILES string of the molecule is COCCNCc1cnc(Sc2nccc(C)n2)c(C)c1. The number of ether oxygens (including phenoxy) is 1. The first-order valence-corrected chi connectivity index (χ1v) is 7.63. The molecular weight excluding hydrogens is 284 g/mol. The number of methoxy groups -OCH3 is 1. The quantitative estimate of drug-likeness (QED) is 0.626. The summed E-state index contributed by atoms with van der Waals surface area (Å²) in [5, 5.41) is 4.99. The molecule has 0 amide bonds. The highest BCUT2D eigenvalue weighted by Gasteiger charge is 2.06. The molecule has 0 atom stereocenters. The lowest BCUT2D eigenvalue weighted by Crippen LogP contribution is -2.18. The van der Waals surface area contributed by atoms with Gasteiger partial charge in [0.1, 0.15) is 5.03 Å². The molecule has 6 heteroatoms. The molecule has 112 valence electrons. The third kappa shape index (κ3) is 5.08. The Morgan fingerprint density at radius 3 is 2.86 bits per heavy atom. The van der Waals surface area contributed by atoms with Crippen LogP contribution in [0.15, 0.2) is 34.7 Å². The molecule has 0 spiro atoms. The van der Waals surface area contributed by atoms with Crippen LogP contribution >= 0.6 is 11.8 Å². The highest BCUT2D eigenvalue weighted by molar-refractivity contribution is 7.99. The summed E-state index contributed by atoms with van der Waals surface area (Å²) in [7, 11) is 1.70. The number of nitrogens with zero attached hydrogens (tertiary/aromatic N) is 3. The molecule has 0 aliphatic carbocycles. The topological polar surface area (TPSA) is 59.9 Å². The van der Waals surface area contributed by atoms with Crippen LogP contribution in [0.1, 0.15) is 16.8 Å². The molecular formula is C15H20N4OS. The lowest BCUT2D eigenvalue weighted by molar-refractivity contribution is 0.199. The van der Waals surface area contributed by atoms with E-state index in [2.05, 4.69) is 33.3 Å². The Balaban J connectivity index is 1.98. The van der Waals surface area contributed by atoms with Gasteiger partial charge in [0, 0.05) is 38.3 Å². The molecule has 0 fully saturated rings. The minimum atomic E-state index is 0.713. The number of aryl methyl sites for hydroxylation is 2. The monoisotopic (exact) mass is 304 g/mol. The van der Waals surface area contributed by atoms with Crippen LogP contribution in [-0.2, 0) is 11.3 Å². The van der Waals surface area contributed by atoms with Crippen molar-refractivity contribution < 1.29 is 4.74 Å². The molecule has 2 rings (SSSR count). The van der Waals surface area contributed by atoms with Crippen molar-refractivity contribution in [2.45, 2.75) is 30.6 Å². The van der Waals surface area contributed by atoms with E-state index in [1.54, 1.807) is 13.3 Å². The van der Waals surface area contributed by atoms with Crippen LogP contribution in [0.3, 0.4) is 0 Å². The van der Waals surface area contributed by atoms with Gasteiger partial charge in [-0.1, -0.05) is 6.07 Å². The molecule has 2 aromatic heterocycles. The fraction of sp³-hybridized carbons (Fsp3) is 0.400. The van der Waals surface area contributed by atoms with Crippen molar-refractivity contribution in [3.8, 4) is 0 Å². The van der Waals surface area contributed by atoms with E-state index < -0.39 is 0 Å². The maximum Gasteiger partial charge on any atom is 0.194 e. The van der Waals surface area contributed by atoms with Gasteiger partial charge in [-0.2, -0.15) is 0 Å². The first-order chi connectivity index (χ1) is 10.2. The maximum absolute atomic E-state index is 5.00. The largest absolute Gasteiger partial charge is 0.383 e. The normalized spacial score (nSPS) is 10.8. The van der Waals surface area contributed by atoms with Gasteiger partial charge in [0.05, 0.1) is 6.61 Å². The van der Waals surface area contributed by atoms with Crippen LogP contribution in [-0.4, -0.2) is 35.2 Å². The zero-order chi connectivity index (χ0) is 15.1. The smallest absolute Gasteiger partial charge is 0.194 e. The van der Waals surface area contributed by atoms with Gasteiger partial charge in [-0.05, 0) is 42.8 Å². The minimum absolute atomic E-state index is 0.713. The molecule has 1 N–H and O–H groups in total. The second-order valence-corrected chi connectivity index (χ2v) is 5.67. The van der Waals surface area contributed by atoms with Crippen molar-refractivity contribution in [2.24, 2.45) is 0 Å². The predicted molar refractivity (Wildman–Crippen MR) is 83.4 cm³/mol. The van der Waals surface area contributed by atoms with E-state index in [0.717, 1.165) is 40.1 Å². The van der Waals surface area contributed by atoms with Crippen molar-refractivity contribution in [1.29, 1.82) is 0 Å². The van der Waals surface area contributed by atoms with E-state index in [9.17, 15) is 0 Å². The van der Waals surface area contributed by atoms with Crippen molar-refractivity contribution in [3.05, 3.63) is 41.3 Å². The summed E-state index contributed by atoms with van der Waals surface area (Å²) in [4.78, 5) is 13.2. The van der Waals surface area contributed by atoms with E-state index in [4.69, 9.17) is 4.74 Å². The second-order valence-electron chi connectivity index (χ2n) is 4.72. The zero-order valence-electron chi connectivity index (χ0n) is 12.6. The van der Waals surface area contributed by atoms with Crippen molar-refractivity contribution in [3.63, 3.8) is 0 Å².